The lowest BCUT2D eigenvalue weighted by atomic mass is 10.1. The zero-order chi connectivity index (χ0) is 10.8. The highest BCUT2D eigenvalue weighted by Gasteiger charge is 2.11. The van der Waals surface area contributed by atoms with Crippen LogP contribution in [0.2, 0.25) is 0 Å². The van der Waals surface area contributed by atoms with Gasteiger partial charge in [-0.3, -0.25) is 0 Å². The van der Waals surface area contributed by atoms with Gasteiger partial charge in [-0.25, -0.2) is 4.98 Å². The number of nitrogens with zero attached hydrogens (tertiary/aromatic N) is 1. The summed E-state index contributed by atoms with van der Waals surface area (Å²) >= 11 is 0. The van der Waals surface area contributed by atoms with Gasteiger partial charge >= 0.3 is 0 Å². The summed E-state index contributed by atoms with van der Waals surface area (Å²) in [6.07, 6.45) is 0.837. The van der Waals surface area contributed by atoms with Crippen molar-refractivity contribution in [3.05, 3.63) is 29.7 Å². The third kappa shape index (κ3) is 1.88. The second kappa shape index (κ2) is 4.03. The number of benzene rings is 1. The monoisotopic (exact) mass is 204 g/mol. The fourth-order valence-electron chi connectivity index (χ4n) is 1.62. The van der Waals surface area contributed by atoms with Gasteiger partial charge in [-0.15, -0.1) is 0 Å². The second-order valence-electron chi connectivity index (χ2n) is 4.01. The predicted octanol–water partition coefficient (Wildman–Crippen LogP) is 2.45. The molecule has 0 atom stereocenters. The van der Waals surface area contributed by atoms with Gasteiger partial charge in [-0.2, -0.15) is 0 Å². The largest absolute Gasteiger partial charge is 0.440 e. The van der Waals surface area contributed by atoms with Crippen molar-refractivity contribution in [2.75, 3.05) is 6.54 Å². The zero-order valence-electron chi connectivity index (χ0n) is 9.16. The molecule has 0 aliphatic heterocycles. The number of hydrogen-bond acceptors (Lipinski definition) is 3. The Morgan fingerprint density at radius 3 is 2.87 bits per heavy atom. The average Bonchev–Trinajstić information content (AvgIpc) is 2.63. The van der Waals surface area contributed by atoms with Gasteiger partial charge in [0.1, 0.15) is 5.52 Å². The number of aromatic nitrogens is 1. The molecule has 1 heterocycles. The van der Waals surface area contributed by atoms with E-state index < -0.39 is 0 Å². The SMILES string of the molecule is CC(C)c1nc2cccc(CCN)c2o1. The molecule has 0 aliphatic rings. The first-order valence-corrected chi connectivity index (χ1v) is 5.30. The number of oxazole rings is 1. The van der Waals surface area contributed by atoms with Crippen LogP contribution in [-0.4, -0.2) is 11.5 Å². The van der Waals surface area contributed by atoms with E-state index in [-0.39, 0.29) is 0 Å². The maximum atomic E-state index is 5.75. The van der Waals surface area contributed by atoms with E-state index in [4.69, 9.17) is 10.2 Å². The molecule has 0 saturated carbocycles. The minimum atomic E-state index is 0.322. The van der Waals surface area contributed by atoms with Gasteiger partial charge < -0.3 is 10.2 Å². The van der Waals surface area contributed by atoms with Crippen molar-refractivity contribution in [3.63, 3.8) is 0 Å². The van der Waals surface area contributed by atoms with Crippen LogP contribution < -0.4 is 5.73 Å². The fraction of sp³-hybridized carbons (Fsp3) is 0.417. The maximum absolute atomic E-state index is 5.75. The third-order valence-electron chi connectivity index (χ3n) is 2.42. The van der Waals surface area contributed by atoms with Crippen molar-refractivity contribution in [3.8, 4) is 0 Å². The summed E-state index contributed by atoms with van der Waals surface area (Å²) in [7, 11) is 0. The first-order chi connectivity index (χ1) is 7.22. The summed E-state index contributed by atoms with van der Waals surface area (Å²) < 4.78 is 5.75. The molecule has 2 N–H and O–H groups in total. The number of hydrogen-bond donors (Lipinski definition) is 1. The van der Waals surface area contributed by atoms with Gasteiger partial charge in [0.15, 0.2) is 11.5 Å². The highest BCUT2D eigenvalue weighted by Crippen LogP contribution is 2.24. The van der Waals surface area contributed by atoms with Crippen molar-refractivity contribution in [1.82, 2.24) is 4.98 Å². The summed E-state index contributed by atoms with van der Waals surface area (Å²) in [6, 6.07) is 6.02. The highest BCUT2D eigenvalue weighted by molar-refractivity contribution is 5.76. The molecule has 0 spiro atoms. The number of para-hydroxylation sites is 1. The lowest BCUT2D eigenvalue weighted by Gasteiger charge is -1.98. The van der Waals surface area contributed by atoms with E-state index in [0.717, 1.165) is 29.0 Å². The van der Waals surface area contributed by atoms with E-state index in [9.17, 15) is 0 Å². The van der Waals surface area contributed by atoms with E-state index >= 15 is 0 Å². The van der Waals surface area contributed by atoms with E-state index in [0.29, 0.717) is 12.5 Å². The van der Waals surface area contributed by atoms with Gasteiger partial charge in [0.25, 0.3) is 0 Å². The van der Waals surface area contributed by atoms with Crippen molar-refractivity contribution >= 4 is 11.1 Å². The predicted molar refractivity (Wildman–Crippen MR) is 60.9 cm³/mol. The molecule has 15 heavy (non-hydrogen) atoms. The van der Waals surface area contributed by atoms with Crippen LogP contribution in [0.3, 0.4) is 0 Å². The molecule has 3 nitrogen and oxygen atoms in total. The highest BCUT2D eigenvalue weighted by atomic mass is 16.3. The molecule has 0 saturated heterocycles. The number of fused-ring (bicyclic) bond motifs is 1. The Kier molecular flexibility index (Phi) is 2.73. The molecule has 1 aromatic carbocycles. The Morgan fingerprint density at radius 2 is 2.20 bits per heavy atom. The van der Waals surface area contributed by atoms with E-state index in [1.807, 2.05) is 18.2 Å². The Hall–Kier alpha value is -1.35. The van der Waals surface area contributed by atoms with Gasteiger partial charge in [-0.05, 0) is 24.6 Å². The molecule has 2 rings (SSSR count). The molecule has 0 aliphatic carbocycles. The molecule has 0 amide bonds. The Morgan fingerprint density at radius 1 is 1.40 bits per heavy atom. The lowest BCUT2D eigenvalue weighted by molar-refractivity contribution is 0.499. The number of rotatable bonds is 3. The Labute approximate surface area is 89.3 Å². The molecule has 3 heteroatoms. The van der Waals surface area contributed by atoms with Crippen molar-refractivity contribution in [2.24, 2.45) is 5.73 Å². The van der Waals surface area contributed by atoms with Gasteiger partial charge in [-0.1, -0.05) is 26.0 Å². The van der Waals surface area contributed by atoms with Gasteiger partial charge in [0.2, 0.25) is 0 Å². The normalized spacial score (nSPS) is 11.5. The van der Waals surface area contributed by atoms with Gasteiger partial charge in [0.05, 0.1) is 0 Å². The molecule has 0 fully saturated rings. The van der Waals surface area contributed by atoms with Crippen LogP contribution in [0.5, 0.6) is 0 Å². The first-order valence-electron chi connectivity index (χ1n) is 5.30. The number of nitrogens with two attached hydrogens (primary N) is 1. The Bertz CT molecular complexity index is 460. The van der Waals surface area contributed by atoms with E-state index in [1.165, 1.54) is 0 Å². The standard InChI is InChI=1S/C12H16N2O/c1-8(2)12-14-10-5-3-4-9(6-7-13)11(10)15-12/h3-5,8H,6-7,13H2,1-2H3. The molecule has 2 aromatic rings. The molecule has 0 unspecified atom stereocenters. The molecular formula is C12H16N2O. The topological polar surface area (TPSA) is 52.0 Å². The van der Waals surface area contributed by atoms with Crippen LogP contribution in [0.1, 0.15) is 31.2 Å². The molecule has 0 bridgehead atoms. The summed E-state index contributed by atoms with van der Waals surface area (Å²) in [5, 5.41) is 0. The minimum absolute atomic E-state index is 0.322. The van der Waals surface area contributed by atoms with Crippen LogP contribution in [-0.2, 0) is 6.42 Å². The van der Waals surface area contributed by atoms with E-state index in [2.05, 4.69) is 18.8 Å². The maximum Gasteiger partial charge on any atom is 0.198 e. The van der Waals surface area contributed by atoms with Crippen LogP contribution >= 0.6 is 0 Å². The van der Waals surface area contributed by atoms with Crippen molar-refractivity contribution in [1.29, 1.82) is 0 Å². The molecule has 1 aromatic heterocycles. The average molecular weight is 204 g/mol. The summed E-state index contributed by atoms with van der Waals surface area (Å²) in [5.74, 6) is 1.12. The quantitative estimate of drug-likeness (QED) is 0.835. The van der Waals surface area contributed by atoms with Crippen molar-refractivity contribution < 1.29 is 4.42 Å². The summed E-state index contributed by atoms with van der Waals surface area (Å²) in [4.78, 5) is 4.45. The fourth-order valence-corrected chi connectivity index (χ4v) is 1.62. The first kappa shape index (κ1) is 10.2. The Balaban J connectivity index is 2.54. The second-order valence-corrected chi connectivity index (χ2v) is 4.01. The minimum Gasteiger partial charge on any atom is -0.440 e. The van der Waals surface area contributed by atoms with Crippen LogP contribution in [0.25, 0.3) is 11.1 Å². The van der Waals surface area contributed by atoms with E-state index in [1.54, 1.807) is 0 Å². The van der Waals surface area contributed by atoms with Gasteiger partial charge in [0, 0.05) is 5.92 Å². The summed E-state index contributed by atoms with van der Waals surface area (Å²) in [5.41, 5.74) is 8.53. The lowest BCUT2D eigenvalue weighted by Crippen LogP contribution is -2.02. The molecular weight excluding hydrogens is 188 g/mol. The van der Waals surface area contributed by atoms with Crippen LogP contribution in [0.4, 0.5) is 0 Å². The molecule has 0 radical (unpaired) electrons. The van der Waals surface area contributed by atoms with Crippen LogP contribution in [0.15, 0.2) is 22.6 Å². The van der Waals surface area contributed by atoms with Crippen LogP contribution in [0, 0.1) is 0 Å². The third-order valence-corrected chi connectivity index (χ3v) is 2.42. The molecule has 80 valence electrons. The zero-order valence-corrected chi connectivity index (χ0v) is 9.16. The smallest absolute Gasteiger partial charge is 0.198 e. The summed E-state index contributed by atoms with van der Waals surface area (Å²) in [6.45, 7) is 4.79. The van der Waals surface area contributed by atoms with Crippen molar-refractivity contribution in [2.45, 2.75) is 26.2 Å².